The number of anilines is 1. The van der Waals surface area contributed by atoms with Crippen LogP contribution < -0.4 is 5.32 Å². The van der Waals surface area contributed by atoms with Gasteiger partial charge in [0.05, 0.1) is 10.1 Å². The minimum absolute atomic E-state index is 0.162. The van der Waals surface area contributed by atoms with Crippen LogP contribution in [0.25, 0.3) is 0 Å². The maximum atomic E-state index is 12.3. The Balaban J connectivity index is 1.30. The maximum absolute atomic E-state index is 12.3. The number of para-hydroxylation sites is 1. The average molecular weight is 436 g/mol. The van der Waals surface area contributed by atoms with Crippen molar-refractivity contribution in [1.82, 2.24) is 0 Å². The van der Waals surface area contributed by atoms with E-state index in [9.17, 15) is 9.59 Å². The molecule has 1 N–H and O–H groups in total. The Labute approximate surface area is 184 Å². The lowest BCUT2D eigenvalue weighted by Crippen LogP contribution is -2.12. The minimum Gasteiger partial charge on any atom is -0.457 e. The van der Waals surface area contributed by atoms with Gasteiger partial charge in [-0.15, -0.1) is 23.5 Å². The zero-order valence-corrected chi connectivity index (χ0v) is 17.9. The van der Waals surface area contributed by atoms with Crippen LogP contribution in [0.2, 0.25) is 0 Å². The number of amides is 1. The summed E-state index contributed by atoms with van der Waals surface area (Å²) in [7, 11) is 0. The normalized spacial score (nSPS) is 13.7. The molecule has 0 radical (unpaired) electrons. The summed E-state index contributed by atoms with van der Waals surface area (Å²) in [6, 6.07) is 24.0. The highest BCUT2D eigenvalue weighted by atomic mass is 32.2. The molecule has 0 bridgehead atoms. The van der Waals surface area contributed by atoms with Crippen LogP contribution in [0.15, 0.2) is 78.9 Å². The number of rotatable bonds is 6. The largest absolute Gasteiger partial charge is 0.457 e. The number of carbonyl (C=O) groups excluding carboxylic acids is 2. The van der Waals surface area contributed by atoms with Crippen molar-refractivity contribution in [2.24, 2.45) is 0 Å². The highest BCUT2D eigenvalue weighted by molar-refractivity contribution is 8.19. The smallest absolute Gasteiger partial charge is 0.338 e. The maximum Gasteiger partial charge on any atom is 0.338 e. The first-order chi connectivity index (χ1) is 14.7. The summed E-state index contributed by atoms with van der Waals surface area (Å²) in [5, 5.41) is 2.85. The number of hydrogen-bond acceptors (Lipinski definition) is 5. The van der Waals surface area contributed by atoms with Gasteiger partial charge in [0.15, 0.2) is 0 Å². The molecule has 6 heteroatoms. The van der Waals surface area contributed by atoms with Gasteiger partial charge in [-0.2, -0.15) is 0 Å². The van der Waals surface area contributed by atoms with E-state index < -0.39 is 0 Å². The molecule has 3 aromatic carbocycles. The molecule has 0 atom stereocenters. The fourth-order valence-corrected chi connectivity index (χ4v) is 5.90. The summed E-state index contributed by atoms with van der Waals surface area (Å²) in [4.78, 5) is 24.6. The first kappa shape index (κ1) is 20.6. The number of thioether (sulfide) groups is 2. The van der Waals surface area contributed by atoms with Crippen LogP contribution in [0.5, 0.6) is 0 Å². The molecular weight excluding hydrogens is 414 g/mol. The molecule has 0 aromatic heterocycles. The van der Waals surface area contributed by atoms with Crippen molar-refractivity contribution in [3.63, 3.8) is 0 Å². The van der Waals surface area contributed by atoms with E-state index in [1.165, 1.54) is 17.1 Å². The highest BCUT2D eigenvalue weighted by Crippen LogP contribution is 2.45. The molecule has 152 valence electrons. The van der Waals surface area contributed by atoms with Crippen LogP contribution in [0.1, 0.15) is 36.4 Å². The average Bonchev–Trinajstić information content (AvgIpc) is 3.34. The Kier molecular flexibility index (Phi) is 6.77. The van der Waals surface area contributed by atoms with Crippen molar-refractivity contribution in [3.8, 4) is 0 Å². The van der Waals surface area contributed by atoms with Gasteiger partial charge in [0.25, 0.3) is 5.91 Å². The fraction of sp³-hybridized carbons (Fsp3) is 0.167. The molecule has 1 aliphatic heterocycles. The summed E-state index contributed by atoms with van der Waals surface area (Å²) < 4.78 is 5.89. The van der Waals surface area contributed by atoms with Crippen molar-refractivity contribution in [2.45, 2.75) is 11.2 Å². The molecule has 1 heterocycles. The summed E-state index contributed by atoms with van der Waals surface area (Å²) in [5.41, 5.74) is 3.91. The van der Waals surface area contributed by atoms with Crippen LogP contribution in [0.4, 0.5) is 5.69 Å². The lowest BCUT2D eigenvalue weighted by molar-refractivity contribution is 0.0472. The number of ether oxygens (including phenoxy) is 1. The van der Waals surface area contributed by atoms with E-state index in [4.69, 9.17) is 4.74 Å². The Morgan fingerprint density at radius 3 is 2.13 bits per heavy atom. The topological polar surface area (TPSA) is 55.4 Å². The Morgan fingerprint density at radius 2 is 1.47 bits per heavy atom. The van der Waals surface area contributed by atoms with Gasteiger partial charge in [-0.05, 0) is 47.5 Å². The molecule has 4 rings (SSSR count). The molecule has 1 aliphatic rings. The zero-order valence-electron chi connectivity index (χ0n) is 16.2. The molecule has 3 aromatic rings. The summed E-state index contributed by atoms with van der Waals surface area (Å²) >= 11 is 3.88. The van der Waals surface area contributed by atoms with Crippen molar-refractivity contribution < 1.29 is 14.3 Å². The third kappa shape index (κ3) is 5.26. The monoisotopic (exact) mass is 435 g/mol. The van der Waals surface area contributed by atoms with Crippen molar-refractivity contribution in [2.75, 3.05) is 16.8 Å². The number of nitrogens with one attached hydrogen (secondary N) is 1. The van der Waals surface area contributed by atoms with Crippen molar-refractivity contribution in [3.05, 3.63) is 101 Å². The number of carbonyl (C=O) groups is 2. The Bertz CT molecular complexity index is 999. The van der Waals surface area contributed by atoms with Gasteiger partial charge in [-0.1, -0.05) is 42.5 Å². The summed E-state index contributed by atoms with van der Waals surface area (Å²) in [6.45, 7) is 0.162. The molecule has 1 fully saturated rings. The van der Waals surface area contributed by atoms with E-state index in [1.54, 1.807) is 24.3 Å². The molecule has 0 saturated carbocycles. The SMILES string of the molecule is O=C(Nc1ccccc1)c1ccc(COC(=O)c2ccc(C3SCCS3)cc2)cc1. The minimum atomic E-state index is -0.348. The van der Waals surface area contributed by atoms with E-state index in [2.05, 4.69) is 5.32 Å². The summed E-state index contributed by atoms with van der Waals surface area (Å²) in [6.07, 6.45) is 0. The van der Waals surface area contributed by atoms with Gasteiger partial charge in [0, 0.05) is 22.8 Å². The van der Waals surface area contributed by atoms with Crippen LogP contribution in [-0.4, -0.2) is 23.4 Å². The predicted octanol–water partition coefficient (Wildman–Crippen LogP) is 5.77. The fourth-order valence-electron chi connectivity index (χ4n) is 3.04. The molecule has 0 aliphatic carbocycles. The highest BCUT2D eigenvalue weighted by Gasteiger charge is 2.18. The van der Waals surface area contributed by atoms with E-state index in [0.29, 0.717) is 15.7 Å². The third-order valence-corrected chi connectivity index (χ3v) is 7.76. The van der Waals surface area contributed by atoms with Crippen LogP contribution in [0, 0.1) is 0 Å². The van der Waals surface area contributed by atoms with E-state index in [-0.39, 0.29) is 18.5 Å². The second-order valence-corrected chi connectivity index (χ2v) is 9.51. The van der Waals surface area contributed by atoms with Gasteiger partial charge < -0.3 is 10.1 Å². The second kappa shape index (κ2) is 9.87. The summed E-state index contributed by atoms with van der Waals surface area (Å²) in [5.74, 6) is 1.82. The van der Waals surface area contributed by atoms with E-state index in [1.807, 2.05) is 78.1 Å². The van der Waals surface area contributed by atoms with E-state index in [0.717, 1.165) is 11.3 Å². The lowest BCUT2D eigenvalue weighted by atomic mass is 10.1. The Morgan fingerprint density at radius 1 is 0.833 bits per heavy atom. The molecular formula is C24H21NO3S2. The lowest BCUT2D eigenvalue weighted by Gasteiger charge is -2.10. The van der Waals surface area contributed by atoms with Crippen LogP contribution in [-0.2, 0) is 11.3 Å². The van der Waals surface area contributed by atoms with Crippen LogP contribution in [0.3, 0.4) is 0 Å². The number of benzene rings is 3. The molecule has 4 nitrogen and oxygen atoms in total. The van der Waals surface area contributed by atoms with Crippen LogP contribution >= 0.6 is 23.5 Å². The number of esters is 1. The molecule has 30 heavy (non-hydrogen) atoms. The number of hydrogen-bond donors (Lipinski definition) is 1. The van der Waals surface area contributed by atoms with Gasteiger partial charge in [0.2, 0.25) is 0 Å². The van der Waals surface area contributed by atoms with E-state index >= 15 is 0 Å². The second-order valence-electron chi connectivity index (χ2n) is 6.79. The Hall–Kier alpha value is -2.70. The molecule has 0 spiro atoms. The zero-order chi connectivity index (χ0) is 20.8. The van der Waals surface area contributed by atoms with Crippen molar-refractivity contribution >= 4 is 41.1 Å². The molecule has 0 unspecified atom stereocenters. The van der Waals surface area contributed by atoms with Gasteiger partial charge in [-0.3, -0.25) is 4.79 Å². The standard InChI is InChI=1S/C24H21NO3S2/c26-22(25-21-4-2-1-3-5-21)18-8-6-17(7-9-18)16-28-23(27)19-10-12-20(13-11-19)24-29-14-15-30-24/h1-13,24H,14-16H2,(H,25,26). The van der Waals surface area contributed by atoms with Crippen molar-refractivity contribution in [1.29, 1.82) is 0 Å². The quantitative estimate of drug-likeness (QED) is 0.498. The first-order valence-electron chi connectivity index (χ1n) is 9.65. The first-order valence-corrected chi connectivity index (χ1v) is 11.7. The van der Waals surface area contributed by atoms with Gasteiger partial charge in [-0.25, -0.2) is 4.79 Å². The third-order valence-electron chi connectivity index (χ3n) is 4.66. The molecule has 1 amide bonds. The van der Waals surface area contributed by atoms with Gasteiger partial charge in [0.1, 0.15) is 6.61 Å². The van der Waals surface area contributed by atoms with Gasteiger partial charge >= 0.3 is 5.97 Å². The molecule has 1 saturated heterocycles. The predicted molar refractivity (Wildman–Crippen MR) is 124 cm³/mol.